The zero-order valence-corrected chi connectivity index (χ0v) is 9.55. The predicted molar refractivity (Wildman–Crippen MR) is 59.3 cm³/mol. The van der Waals surface area contributed by atoms with Crippen LogP contribution in [0.3, 0.4) is 0 Å². The number of halogens is 1. The lowest BCUT2D eigenvalue weighted by Gasteiger charge is -2.28. The molecule has 0 unspecified atom stereocenters. The molecule has 0 aliphatic carbocycles. The van der Waals surface area contributed by atoms with Gasteiger partial charge in [-0.15, -0.1) is 0 Å². The maximum Gasteiger partial charge on any atom is 0.188 e. The lowest BCUT2D eigenvalue weighted by atomic mass is 10.1. The Hall–Kier alpha value is -0.830. The number of hydrogen-bond donors (Lipinski definition) is 1. The standard InChI is InChI=1S/C9H10ClN3OS/c10-8-7(5-11)15-9(12-8)13-3-1-6(14)2-4-13/h6,14H,1-4H2. The van der Waals surface area contributed by atoms with Crippen LogP contribution in [0.4, 0.5) is 5.13 Å². The summed E-state index contributed by atoms with van der Waals surface area (Å²) in [6.07, 6.45) is 1.30. The van der Waals surface area contributed by atoms with Crippen molar-refractivity contribution in [3.8, 4) is 6.07 Å². The van der Waals surface area contributed by atoms with Crippen molar-refractivity contribution in [2.24, 2.45) is 0 Å². The molecule has 0 saturated carbocycles. The SMILES string of the molecule is N#Cc1sc(N2CCC(O)CC2)nc1Cl. The van der Waals surface area contributed by atoms with Gasteiger partial charge < -0.3 is 10.0 Å². The van der Waals surface area contributed by atoms with E-state index < -0.39 is 0 Å². The van der Waals surface area contributed by atoms with Crippen LogP contribution in [-0.4, -0.2) is 29.3 Å². The van der Waals surface area contributed by atoms with Gasteiger partial charge >= 0.3 is 0 Å². The molecule has 1 aromatic heterocycles. The highest BCUT2D eigenvalue weighted by Gasteiger charge is 2.20. The average Bonchev–Trinajstić information content (AvgIpc) is 2.61. The van der Waals surface area contributed by atoms with Crippen molar-refractivity contribution >= 4 is 28.1 Å². The number of hydrogen-bond acceptors (Lipinski definition) is 5. The van der Waals surface area contributed by atoms with Crippen molar-refractivity contribution in [2.75, 3.05) is 18.0 Å². The number of piperidine rings is 1. The van der Waals surface area contributed by atoms with Crippen molar-refractivity contribution in [2.45, 2.75) is 18.9 Å². The van der Waals surface area contributed by atoms with Gasteiger partial charge in [0, 0.05) is 13.1 Å². The molecular weight excluding hydrogens is 234 g/mol. The molecule has 4 nitrogen and oxygen atoms in total. The van der Waals surface area contributed by atoms with Crippen molar-refractivity contribution in [1.29, 1.82) is 5.26 Å². The van der Waals surface area contributed by atoms with E-state index >= 15 is 0 Å². The highest BCUT2D eigenvalue weighted by Crippen LogP contribution is 2.30. The zero-order valence-electron chi connectivity index (χ0n) is 7.98. The van der Waals surface area contributed by atoms with Crippen LogP contribution < -0.4 is 4.90 Å². The molecule has 0 radical (unpaired) electrons. The van der Waals surface area contributed by atoms with Crippen LogP contribution in [0.25, 0.3) is 0 Å². The summed E-state index contributed by atoms with van der Waals surface area (Å²) in [5, 5.41) is 19.2. The van der Waals surface area contributed by atoms with Crippen molar-refractivity contribution < 1.29 is 5.11 Å². The number of thiazole rings is 1. The Morgan fingerprint density at radius 1 is 1.53 bits per heavy atom. The minimum Gasteiger partial charge on any atom is -0.393 e. The van der Waals surface area contributed by atoms with E-state index in [1.165, 1.54) is 11.3 Å². The van der Waals surface area contributed by atoms with Gasteiger partial charge in [0.05, 0.1) is 6.10 Å². The summed E-state index contributed by atoms with van der Waals surface area (Å²) in [7, 11) is 0. The first-order chi connectivity index (χ1) is 7.20. The highest BCUT2D eigenvalue weighted by atomic mass is 35.5. The fraction of sp³-hybridized carbons (Fsp3) is 0.556. The normalized spacial score (nSPS) is 17.8. The van der Waals surface area contributed by atoms with Crippen LogP contribution >= 0.6 is 22.9 Å². The molecule has 1 aliphatic rings. The number of aromatic nitrogens is 1. The van der Waals surface area contributed by atoms with Gasteiger partial charge in [-0.3, -0.25) is 0 Å². The second kappa shape index (κ2) is 4.35. The molecule has 0 bridgehead atoms. The van der Waals surface area contributed by atoms with E-state index in [-0.39, 0.29) is 11.3 Å². The van der Waals surface area contributed by atoms with Crippen LogP contribution in [0.1, 0.15) is 17.7 Å². The van der Waals surface area contributed by atoms with E-state index in [4.69, 9.17) is 16.9 Å². The molecule has 0 aromatic carbocycles. The Morgan fingerprint density at radius 3 is 2.73 bits per heavy atom. The lowest BCUT2D eigenvalue weighted by Crippen LogP contribution is -2.35. The Morgan fingerprint density at radius 2 is 2.20 bits per heavy atom. The molecule has 80 valence electrons. The maximum atomic E-state index is 9.36. The van der Waals surface area contributed by atoms with Gasteiger partial charge in [0.1, 0.15) is 10.9 Å². The van der Waals surface area contributed by atoms with E-state index in [2.05, 4.69) is 9.88 Å². The van der Waals surface area contributed by atoms with Gasteiger partial charge in [-0.2, -0.15) is 5.26 Å². The first-order valence-electron chi connectivity index (χ1n) is 4.70. The van der Waals surface area contributed by atoms with Crippen molar-refractivity contribution in [1.82, 2.24) is 4.98 Å². The summed E-state index contributed by atoms with van der Waals surface area (Å²) in [4.78, 5) is 6.65. The number of nitrogens with zero attached hydrogens (tertiary/aromatic N) is 3. The van der Waals surface area contributed by atoms with E-state index in [0.29, 0.717) is 4.88 Å². The maximum absolute atomic E-state index is 9.36. The first-order valence-corrected chi connectivity index (χ1v) is 5.89. The van der Waals surface area contributed by atoms with Crippen molar-refractivity contribution in [3.63, 3.8) is 0 Å². The molecule has 1 saturated heterocycles. The van der Waals surface area contributed by atoms with E-state index in [9.17, 15) is 5.11 Å². The molecule has 6 heteroatoms. The molecule has 1 fully saturated rings. The third kappa shape index (κ3) is 2.23. The van der Waals surface area contributed by atoms with Gasteiger partial charge in [-0.25, -0.2) is 4.98 Å². The summed E-state index contributed by atoms with van der Waals surface area (Å²) >= 11 is 7.10. The second-order valence-corrected chi connectivity index (χ2v) is 4.78. The van der Waals surface area contributed by atoms with Crippen LogP contribution in [0.2, 0.25) is 5.15 Å². The third-order valence-electron chi connectivity index (χ3n) is 2.41. The molecule has 15 heavy (non-hydrogen) atoms. The van der Waals surface area contributed by atoms with E-state index in [0.717, 1.165) is 31.1 Å². The number of aliphatic hydroxyl groups is 1. The van der Waals surface area contributed by atoms with Crippen LogP contribution in [0.15, 0.2) is 0 Å². The molecular formula is C9H10ClN3OS. The summed E-state index contributed by atoms with van der Waals surface area (Å²) in [5.41, 5.74) is 0. The Kier molecular flexibility index (Phi) is 3.10. The fourth-order valence-corrected chi connectivity index (χ4v) is 2.65. The topological polar surface area (TPSA) is 60.2 Å². The number of aliphatic hydroxyl groups excluding tert-OH is 1. The summed E-state index contributed by atoms with van der Waals surface area (Å²) in [6.45, 7) is 1.55. The van der Waals surface area contributed by atoms with Gasteiger partial charge in [0.15, 0.2) is 10.3 Å². The number of anilines is 1. The predicted octanol–water partition coefficient (Wildman–Crippen LogP) is 1.63. The summed E-state index contributed by atoms with van der Waals surface area (Å²) < 4.78 is 0. The quantitative estimate of drug-likeness (QED) is 0.815. The number of rotatable bonds is 1. The molecule has 0 atom stereocenters. The van der Waals surface area contributed by atoms with E-state index in [1.54, 1.807) is 0 Å². The monoisotopic (exact) mass is 243 g/mol. The molecule has 2 heterocycles. The minimum atomic E-state index is -0.202. The molecule has 0 amide bonds. The van der Waals surface area contributed by atoms with Crippen LogP contribution in [0.5, 0.6) is 0 Å². The Labute approximate surface area is 96.7 Å². The summed E-state index contributed by atoms with van der Waals surface area (Å²) in [5.74, 6) is 0. The molecule has 1 aliphatic heterocycles. The Bertz CT molecular complexity index is 393. The Balaban J connectivity index is 2.13. The highest BCUT2D eigenvalue weighted by molar-refractivity contribution is 7.16. The van der Waals surface area contributed by atoms with Gasteiger partial charge in [-0.1, -0.05) is 22.9 Å². The van der Waals surface area contributed by atoms with Gasteiger partial charge in [0.25, 0.3) is 0 Å². The molecule has 2 rings (SSSR count). The molecule has 1 N–H and O–H groups in total. The second-order valence-electron chi connectivity index (χ2n) is 3.45. The summed E-state index contributed by atoms with van der Waals surface area (Å²) in [6, 6.07) is 2.01. The lowest BCUT2D eigenvalue weighted by molar-refractivity contribution is 0.145. The van der Waals surface area contributed by atoms with Gasteiger partial charge in [-0.05, 0) is 12.8 Å². The largest absolute Gasteiger partial charge is 0.393 e. The fourth-order valence-electron chi connectivity index (χ4n) is 1.55. The number of nitriles is 1. The van der Waals surface area contributed by atoms with E-state index in [1.807, 2.05) is 6.07 Å². The van der Waals surface area contributed by atoms with Crippen molar-refractivity contribution in [3.05, 3.63) is 10.0 Å². The molecule has 0 spiro atoms. The first kappa shape index (κ1) is 10.7. The van der Waals surface area contributed by atoms with Gasteiger partial charge in [0.2, 0.25) is 0 Å². The zero-order chi connectivity index (χ0) is 10.8. The third-order valence-corrected chi connectivity index (χ3v) is 3.82. The average molecular weight is 244 g/mol. The molecule has 1 aromatic rings. The van der Waals surface area contributed by atoms with Crippen LogP contribution in [-0.2, 0) is 0 Å². The minimum absolute atomic E-state index is 0.202. The van der Waals surface area contributed by atoms with Crippen LogP contribution in [0, 0.1) is 11.3 Å². The smallest absolute Gasteiger partial charge is 0.188 e.